The van der Waals surface area contributed by atoms with E-state index in [4.69, 9.17) is 4.74 Å². The van der Waals surface area contributed by atoms with Crippen molar-refractivity contribution >= 4 is 6.09 Å². The summed E-state index contributed by atoms with van der Waals surface area (Å²) in [6.07, 6.45) is -0.986. The van der Waals surface area contributed by atoms with Crippen LogP contribution in [0.15, 0.2) is 48.7 Å². The summed E-state index contributed by atoms with van der Waals surface area (Å²) >= 11 is 0. The summed E-state index contributed by atoms with van der Waals surface area (Å²) in [5.74, 6) is 0. The highest BCUT2D eigenvalue weighted by molar-refractivity contribution is 5.69. The van der Waals surface area contributed by atoms with Gasteiger partial charge in [-0.25, -0.2) is 4.79 Å². The van der Waals surface area contributed by atoms with Gasteiger partial charge in [0.1, 0.15) is 12.3 Å². The zero-order chi connectivity index (χ0) is 21.4. The van der Waals surface area contributed by atoms with E-state index in [2.05, 4.69) is 4.98 Å². The summed E-state index contributed by atoms with van der Waals surface area (Å²) < 4.78 is 43.9. The number of hydrogen-bond acceptors (Lipinski definition) is 4. The minimum atomic E-state index is -4.52. The van der Waals surface area contributed by atoms with E-state index in [1.54, 1.807) is 4.90 Å². The Hall–Kier alpha value is -2.61. The number of benzene rings is 1. The SMILES string of the molecule is O=C(OCc1ccccc1)N1C2CCCC1CC(O)(c1ccc(C(F)(F)F)nc1)C2. The standard InChI is InChI=1S/C22H23F3N2O3/c23-22(24,25)19-10-9-16(13-26-19)21(29)11-17-7-4-8-18(12-21)27(17)20(28)30-14-15-5-2-1-3-6-15/h1-3,5-6,9-10,13,17-18,29H,4,7-8,11-12,14H2. The monoisotopic (exact) mass is 420 g/mol. The molecule has 1 aromatic heterocycles. The van der Waals surface area contributed by atoms with Crippen molar-refractivity contribution in [3.63, 3.8) is 0 Å². The van der Waals surface area contributed by atoms with Crippen LogP contribution in [0.1, 0.15) is 48.9 Å². The van der Waals surface area contributed by atoms with Crippen LogP contribution in [0.4, 0.5) is 18.0 Å². The van der Waals surface area contributed by atoms with Crippen molar-refractivity contribution in [2.24, 2.45) is 0 Å². The second-order valence-electron chi connectivity index (χ2n) is 8.06. The van der Waals surface area contributed by atoms with Crippen molar-refractivity contribution in [3.05, 3.63) is 65.5 Å². The lowest BCUT2D eigenvalue weighted by atomic mass is 9.73. The zero-order valence-corrected chi connectivity index (χ0v) is 16.3. The molecule has 2 aromatic rings. The number of pyridine rings is 1. The minimum absolute atomic E-state index is 0.169. The number of nitrogens with zero attached hydrogens (tertiary/aromatic N) is 2. The fourth-order valence-corrected chi connectivity index (χ4v) is 4.59. The first-order chi connectivity index (χ1) is 14.3. The number of carbonyl (C=O) groups excluding carboxylic acids is 1. The molecule has 4 rings (SSSR count). The molecule has 0 saturated carbocycles. The van der Waals surface area contributed by atoms with Crippen LogP contribution in [0.3, 0.4) is 0 Å². The van der Waals surface area contributed by atoms with E-state index in [9.17, 15) is 23.1 Å². The number of amides is 1. The first-order valence-electron chi connectivity index (χ1n) is 10.0. The molecule has 1 N–H and O–H groups in total. The van der Waals surface area contributed by atoms with Crippen molar-refractivity contribution in [2.75, 3.05) is 0 Å². The second kappa shape index (κ2) is 7.91. The van der Waals surface area contributed by atoms with Gasteiger partial charge < -0.3 is 14.7 Å². The van der Waals surface area contributed by atoms with Gasteiger partial charge in [0.2, 0.25) is 0 Å². The molecule has 2 aliphatic heterocycles. The molecular formula is C22H23F3N2O3. The largest absolute Gasteiger partial charge is 0.445 e. The Balaban J connectivity index is 1.48. The van der Waals surface area contributed by atoms with E-state index in [0.717, 1.165) is 24.2 Å². The Morgan fingerprint density at radius 3 is 2.37 bits per heavy atom. The van der Waals surface area contributed by atoms with E-state index in [0.29, 0.717) is 18.4 Å². The van der Waals surface area contributed by atoms with Crippen molar-refractivity contribution in [2.45, 2.75) is 62.6 Å². The van der Waals surface area contributed by atoms with Crippen molar-refractivity contribution in [1.29, 1.82) is 0 Å². The van der Waals surface area contributed by atoms with E-state index < -0.39 is 23.6 Å². The number of aromatic nitrogens is 1. The second-order valence-corrected chi connectivity index (χ2v) is 8.06. The maximum absolute atomic E-state index is 12.8. The average Bonchev–Trinajstić information content (AvgIpc) is 2.71. The molecule has 3 heterocycles. The third-order valence-corrected chi connectivity index (χ3v) is 6.02. The Kier molecular flexibility index (Phi) is 5.44. The third-order valence-electron chi connectivity index (χ3n) is 6.02. The highest BCUT2D eigenvalue weighted by Crippen LogP contribution is 2.44. The molecule has 2 saturated heterocycles. The lowest BCUT2D eigenvalue weighted by molar-refractivity contribution is -0.141. The molecule has 30 heavy (non-hydrogen) atoms. The molecule has 1 aromatic carbocycles. The molecule has 8 heteroatoms. The topological polar surface area (TPSA) is 62.7 Å². The molecule has 2 fully saturated rings. The number of piperidine rings is 2. The summed E-state index contributed by atoms with van der Waals surface area (Å²) in [6.45, 7) is 0.169. The van der Waals surface area contributed by atoms with Crippen molar-refractivity contribution < 1.29 is 27.8 Å². The van der Waals surface area contributed by atoms with E-state index >= 15 is 0 Å². The van der Waals surface area contributed by atoms with Gasteiger partial charge in [-0.2, -0.15) is 13.2 Å². The number of rotatable bonds is 3. The third kappa shape index (κ3) is 4.14. The van der Waals surface area contributed by atoms with Gasteiger partial charge in [-0.15, -0.1) is 0 Å². The van der Waals surface area contributed by atoms with Crippen LogP contribution in [0.25, 0.3) is 0 Å². The van der Waals surface area contributed by atoms with Gasteiger partial charge in [0.05, 0.1) is 5.60 Å². The van der Waals surface area contributed by atoms with E-state index in [1.165, 1.54) is 6.07 Å². The number of fused-ring (bicyclic) bond motifs is 2. The minimum Gasteiger partial charge on any atom is -0.445 e. The number of carbonyl (C=O) groups is 1. The Morgan fingerprint density at radius 2 is 1.80 bits per heavy atom. The zero-order valence-electron chi connectivity index (χ0n) is 16.3. The predicted octanol–water partition coefficient (Wildman–Crippen LogP) is 4.64. The fraction of sp³-hybridized carbons (Fsp3) is 0.455. The molecule has 0 radical (unpaired) electrons. The maximum Gasteiger partial charge on any atom is 0.433 e. The summed E-state index contributed by atoms with van der Waals surface area (Å²) in [7, 11) is 0. The van der Waals surface area contributed by atoms with E-state index in [-0.39, 0.29) is 31.5 Å². The van der Waals surface area contributed by atoms with Gasteiger partial charge in [-0.3, -0.25) is 4.98 Å². The molecule has 0 spiro atoms. The van der Waals surface area contributed by atoms with Crippen LogP contribution < -0.4 is 0 Å². The molecule has 5 nitrogen and oxygen atoms in total. The Labute approximate surface area is 172 Å². The molecule has 2 aliphatic rings. The van der Waals surface area contributed by atoms with Gasteiger partial charge in [0.15, 0.2) is 0 Å². The lowest BCUT2D eigenvalue weighted by Crippen LogP contribution is -2.58. The maximum atomic E-state index is 12.8. The average molecular weight is 420 g/mol. The van der Waals surface area contributed by atoms with Crippen LogP contribution in [0.5, 0.6) is 0 Å². The summed E-state index contributed by atoms with van der Waals surface area (Å²) in [5.41, 5.74) is -1.06. The van der Waals surface area contributed by atoms with Gasteiger partial charge in [0, 0.05) is 36.7 Å². The van der Waals surface area contributed by atoms with Crippen LogP contribution in [0.2, 0.25) is 0 Å². The molecule has 1 amide bonds. The van der Waals surface area contributed by atoms with Crippen molar-refractivity contribution in [1.82, 2.24) is 9.88 Å². The normalized spacial score (nSPS) is 26.3. The van der Waals surface area contributed by atoms with Crippen LogP contribution >= 0.6 is 0 Å². The molecule has 0 aliphatic carbocycles. The molecule has 2 unspecified atom stereocenters. The number of hydrogen-bond donors (Lipinski definition) is 1. The molecule has 2 bridgehead atoms. The highest BCUT2D eigenvalue weighted by Gasteiger charge is 2.49. The summed E-state index contributed by atoms with van der Waals surface area (Å²) in [6, 6.07) is 11.1. The number of halogens is 3. The van der Waals surface area contributed by atoms with Gasteiger partial charge >= 0.3 is 12.3 Å². The van der Waals surface area contributed by atoms with Crippen LogP contribution in [-0.4, -0.2) is 33.2 Å². The first kappa shape index (κ1) is 20.7. The molecule has 2 atom stereocenters. The number of alkyl halides is 3. The predicted molar refractivity (Wildman–Crippen MR) is 102 cm³/mol. The van der Waals surface area contributed by atoms with E-state index in [1.807, 2.05) is 30.3 Å². The lowest BCUT2D eigenvalue weighted by Gasteiger charge is -2.51. The Morgan fingerprint density at radius 1 is 1.13 bits per heavy atom. The van der Waals surface area contributed by atoms with Crippen LogP contribution in [-0.2, 0) is 23.1 Å². The van der Waals surface area contributed by atoms with Gasteiger partial charge in [-0.1, -0.05) is 36.4 Å². The Bertz CT molecular complexity index is 873. The number of ether oxygens (including phenoxy) is 1. The van der Waals surface area contributed by atoms with Gasteiger partial charge in [0.25, 0.3) is 0 Å². The molecule has 160 valence electrons. The molecular weight excluding hydrogens is 397 g/mol. The highest BCUT2D eigenvalue weighted by atomic mass is 19.4. The summed E-state index contributed by atoms with van der Waals surface area (Å²) in [5, 5.41) is 11.2. The van der Waals surface area contributed by atoms with Crippen LogP contribution in [0, 0.1) is 0 Å². The fourth-order valence-electron chi connectivity index (χ4n) is 4.59. The van der Waals surface area contributed by atoms with Crippen molar-refractivity contribution in [3.8, 4) is 0 Å². The smallest absolute Gasteiger partial charge is 0.433 e. The first-order valence-corrected chi connectivity index (χ1v) is 10.0. The quantitative estimate of drug-likeness (QED) is 0.786. The van der Waals surface area contributed by atoms with Gasteiger partial charge in [-0.05, 0) is 30.9 Å². The number of aliphatic hydroxyl groups is 1. The summed E-state index contributed by atoms with van der Waals surface area (Å²) in [4.78, 5) is 18.0.